The van der Waals surface area contributed by atoms with Crippen LogP contribution in [0.25, 0.3) is 22.3 Å². The van der Waals surface area contributed by atoms with E-state index < -0.39 is 117 Å². The second-order valence-electron chi connectivity index (χ2n) is 15.9. The molecule has 3 aliphatic heterocycles. The summed E-state index contributed by atoms with van der Waals surface area (Å²) in [5.41, 5.74) is -1.65. The van der Waals surface area contributed by atoms with Crippen molar-refractivity contribution in [1.29, 1.82) is 5.26 Å². The number of carbonyl (C=O) groups is 1. The number of amides is 1. The Bertz CT molecular complexity index is 2320. The van der Waals surface area contributed by atoms with E-state index in [1.165, 1.54) is 23.8 Å². The topological polar surface area (TPSA) is 112 Å². The minimum Gasteiger partial charge on any atom is -0.461 e. The first-order valence-electron chi connectivity index (χ1n) is 18.7. The smallest absolute Gasteiger partial charge is 0.419 e. The first kappa shape index (κ1) is 39.5. The summed E-state index contributed by atoms with van der Waals surface area (Å²) < 4.78 is 144. The van der Waals surface area contributed by atoms with Crippen LogP contribution >= 0.6 is 11.3 Å². The van der Waals surface area contributed by atoms with Crippen molar-refractivity contribution < 1.29 is 49.0 Å². The fourth-order valence-electron chi connectivity index (χ4n) is 9.32. The Kier molecular flexibility index (Phi) is 9.65. The summed E-state index contributed by atoms with van der Waals surface area (Å²) in [6, 6.07) is -0.0193. The van der Waals surface area contributed by atoms with E-state index in [0.717, 1.165) is 0 Å². The van der Waals surface area contributed by atoms with Crippen molar-refractivity contribution >= 4 is 50.4 Å². The molecule has 5 atom stereocenters. The Balaban J connectivity index is 1.39. The molecule has 306 valence electrons. The van der Waals surface area contributed by atoms with Crippen molar-refractivity contribution in [3.63, 3.8) is 0 Å². The Hall–Kier alpha value is -4.31. The molecule has 5 unspecified atom stereocenters. The van der Waals surface area contributed by atoms with Gasteiger partial charge in [0.05, 0.1) is 38.3 Å². The number of nitrogen functional groups attached to an aromatic ring is 1. The lowest BCUT2D eigenvalue weighted by Gasteiger charge is -2.32. The second-order valence-corrected chi connectivity index (χ2v) is 17.0. The number of nitriles is 1. The van der Waals surface area contributed by atoms with Crippen LogP contribution in [0.2, 0.25) is 0 Å². The Morgan fingerprint density at radius 1 is 1.18 bits per heavy atom. The Labute approximate surface area is 324 Å². The second kappa shape index (κ2) is 13.9. The number of ether oxygens (including phenoxy) is 1. The molecule has 1 amide bonds. The zero-order valence-corrected chi connectivity index (χ0v) is 31.7. The number of fused-ring (bicyclic) bond motifs is 3. The van der Waals surface area contributed by atoms with Gasteiger partial charge in [0.2, 0.25) is 5.91 Å². The van der Waals surface area contributed by atoms with Crippen LogP contribution in [-0.2, 0) is 17.1 Å². The van der Waals surface area contributed by atoms with Gasteiger partial charge in [-0.1, -0.05) is 6.92 Å². The van der Waals surface area contributed by atoms with E-state index in [2.05, 4.69) is 9.97 Å². The molecule has 2 N–H and O–H groups in total. The average Bonchev–Trinajstić information content (AvgIpc) is 3.48. The number of alkyl halides is 8. The molecule has 2 aliphatic carbocycles. The molecule has 0 radical (unpaired) electrons. The number of carbonyl (C=O) groups excluding carboxylic acids is 1. The summed E-state index contributed by atoms with van der Waals surface area (Å²) >= 11 is 0.563. The highest BCUT2D eigenvalue weighted by atomic mass is 32.1. The SMILES string of the molecule is CC1CC(c2c(C(F)(F)F)cc3c(N(C)C4CC(CF)N(C(=O)C5CC5)C4)nc(OCC45CCCN4CC(F)C5)nc3c2C(F)(F)F)=c2c(C#N)c(N)sc2=C1F. The number of aromatic nitrogens is 2. The standard InChI is InChI=1S/C38H38F9N7O2S/c1-17-8-22(26-24(13-48)32(49)57-31(26)29(17)41)27-25(37(42,43)44)10-23-30(28(27)38(45,46)47)50-35(56-16-36-6-3-7-53(36)14-19(40)11-36)51-33(23)52(2)21-9-20(12-39)54(15-21)34(55)18-4-5-18/h10,17-21H,3-9,11-12,14-16,49H2,1-2H3. The number of halogens is 9. The van der Waals surface area contributed by atoms with Gasteiger partial charge >= 0.3 is 18.4 Å². The number of hydrogen-bond acceptors (Lipinski definition) is 9. The highest BCUT2D eigenvalue weighted by Crippen LogP contribution is 2.50. The van der Waals surface area contributed by atoms with E-state index in [0.29, 0.717) is 49.6 Å². The van der Waals surface area contributed by atoms with Gasteiger partial charge in [-0.3, -0.25) is 9.69 Å². The minimum atomic E-state index is -5.53. The van der Waals surface area contributed by atoms with Gasteiger partial charge in [-0.25, -0.2) is 13.2 Å². The van der Waals surface area contributed by atoms with Crippen LogP contribution in [0, 0.1) is 23.2 Å². The third kappa shape index (κ3) is 6.64. The van der Waals surface area contributed by atoms with Crippen LogP contribution in [-0.4, -0.2) is 89.4 Å². The van der Waals surface area contributed by atoms with Crippen LogP contribution in [0.3, 0.4) is 0 Å². The van der Waals surface area contributed by atoms with E-state index in [1.807, 2.05) is 4.90 Å². The number of benzene rings is 1. The summed E-state index contributed by atoms with van der Waals surface area (Å²) in [4.78, 5) is 26.3. The largest absolute Gasteiger partial charge is 0.461 e. The molecule has 8 rings (SSSR count). The van der Waals surface area contributed by atoms with Crippen LogP contribution in [0.1, 0.15) is 74.1 Å². The predicted octanol–water partition coefficient (Wildman–Crippen LogP) is 6.24. The van der Waals surface area contributed by atoms with E-state index in [4.69, 9.17) is 10.5 Å². The van der Waals surface area contributed by atoms with Crippen LogP contribution in [0.5, 0.6) is 6.01 Å². The maximum Gasteiger partial charge on any atom is 0.419 e. The summed E-state index contributed by atoms with van der Waals surface area (Å²) in [5, 5.41) is 8.60. The lowest BCUT2D eigenvalue weighted by molar-refractivity contribution is -0.142. The predicted molar refractivity (Wildman–Crippen MR) is 193 cm³/mol. The van der Waals surface area contributed by atoms with Gasteiger partial charge in [-0.2, -0.15) is 41.6 Å². The fourth-order valence-corrected chi connectivity index (χ4v) is 10.4. The zero-order valence-electron chi connectivity index (χ0n) is 30.8. The van der Waals surface area contributed by atoms with Crippen molar-refractivity contribution in [3.8, 4) is 12.1 Å². The normalized spacial score (nSPS) is 26.6. The number of likely N-dealkylation sites (tertiary alicyclic amines) is 1. The van der Waals surface area contributed by atoms with Crippen LogP contribution < -0.4 is 25.1 Å². The van der Waals surface area contributed by atoms with E-state index >= 15 is 30.7 Å². The van der Waals surface area contributed by atoms with Crippen LogP contribution in [0.15, 0.2) is 6.07 Å². The van der Waals surface area contributed by atoms with E-state index in [9.17, 15) is 18.8 Å². The molecule has 3 aromatic rings. The molecule has 9 nitrogen and oxygen atoms in total. The third-order valence-corrected chi connectivity index (χ3v) is 13.3. The molecular formula is C38H38F9N7O2S. The van der Waals surface area contributed by atoms with Gasteiger partial charge in [0.1, 0.15) is 42.2 Å². The third-order valence-electron chi connectivity index (χ3n) is 12.2. The molecule has 19 heteroatoms. The molecule has 0 spiro atoms. The Morgan fingerprint density at radius 3 is 2.56 bits per heavy atom. The fraction of sp³-hybridized carbons (Fsp3) is 0.579. The zero-order chi connectivity index (χ0) is 40.9. The van der Waals surface area contributed by atoms with Gasteiger partial charge in [0.25, 0.3) is 0 Å². The van der Waals surface area contributed by atoms with Crippen LogP contribution in [0.4, 0.5) is 50.3 Å². The number of nitrogens with two attached hydrogens (primary N) is 1. The van der Waals surface area contributed by atoms with Crippen molar-refractivity contribution in [2.24, 2.45) is 11.8 Å². The first-order chi connectivity index (χ1) is 26.9. The van der Waals surface area contributed by atoms with Crippen molar-refractivity contribution in [1.82, 2.24) is 19.8 Å². The highest BCUT2D eigenvalue weighted by Gasteiger charge is 2.50. The van der Waals surface area contributed by atoms with Gasteiger partial charge in [-0.15, -0.1) is 11.3 Å². The summed E-state index contributed by atoms with van der Waals surface area (Å²) in [7, 11) is 1.39. The maximum absolute atomic E-state index is 15.8. The molecule has 3 saturated heterocycles. The highest BCUT2D eigenvalue weighted by molar-refractivity contribution is 7.14. The minimum absolute atomic E-state index is 0.0105. The van der Waals surface area contributed by atoms with Gasteiger partial charge in [0, 0.05) is 60.6 Å². The van der Waals surface area contributed by atoms with Crippen molar-refractivity contribution in [3.05, 3.63) is 38.1 Å². The molecule has 2 aromatic heterocycles. The van der Waals surface area contributed by atoms with E-state index in [1.54, 1.807) is 6.07 Å². The average molecular weight is 828 g/mol. The number of thiophene rings is 1. The summed E-state index contributed by atoms with van der Waals surface area (Å²) in [5.74, 6) is -2.93. The molecule has 5 aliphatic rings. The lowest BCUT2D eigenvalue weighted by atomic mass is 9.82. The molecular weight excluding hydrogens is 790 g/mol. The monoisotopic (exact) mass is 827 g/mol. The van der Waals surface area contributed by atoms with Crippen molar-refractivity contribution in [2.45, 2.75) is 88.0 Å². The van der Waals surface area contributed by atoms with Crippen molar-refractivity contribution in [2.75, 3.05) is 50.6 Å². The van der Waals surface area contributed by atoms with Gasteiger partial charge in [0.15, 0.2) is 0 Å². The van der Waals surface area contributed by atoms with Gasteiger partial charge in [-0.05, 0) is 56.7 Å². The summed E-state index contributed by atoms with van der Waals surface area (Å²) in [6.45, 7) is 0.820. The Morgan fingerprint density at radius 2 is 1.91 bits per heavy atom. The summed E-state index contributed by atoms with van der Waals surface area (Å²) in [6.07, 6.45) is -10.2. The molecule has 5 heterocycles. The molecule has 1 saturated carbocycles. The molecule has 4 fully saturated rings. The molecule has 1 aromatic carbocycles. The number of rotatable bonds is 8. The number of nitrogens with zero attached hydrogens (tertiary/aromatic N) is 6. The number of likely N-dealkylation sites (N-methyl/N-ethyl adjacent to an activating group) is 1. The molecule has 57 heavy (non-hydrogen) atoms. The van der Waals surface area contributed by atoms with E-state index in [-0.39, 0.29) is 53.9 Å². The molecule has 0 bridgehead atoms. The van der Waals surface area contributed by atoms with Gasteiger partial charge < -0.3 is 20.3 Å². The quantitative estimate of drug-likeness (QED) is 0.266. The first-order valence-corrected chi connectivity index (χ1v) is 19.5. The number of hydrogen-bond donors (Lipinski definition) is 1. The number of anilines is 2. The lowest BCUT2D eigenvalue weighted by Crippen LogP contribution is -2.43. The maximum atomic E-state index is 15.8.